The fourth-order valence-corrected chi connectivity index (χ4v) is 3.63. The average molecular weight is 401 g/mol. The summed E-state index contributed by atoms with van der Waals surface area (Å²) < 4.78 is 31.5. The number of amides is 1. The number of hydrogen-bond donors (Lipinski definition) is 1. The summed E-state index contributed by atoms with van der Waals surface area (Å²) in [6.07, 6.45) is 0. The minimum absolute atomic E-state index is 0.0314. The fraction of sp³-hybridized carbons (Fsp3) is 0.300. The molecule has 0 bridgehead atoms. The Morgan fingerprint density at radius 2 is 1.79 bits per heavy atom. The first-order valence-corrected chi connectivity index (χ1v) is 10.2. The molecule has 0 heterocycles. The van der Waals surface area contributed by atoms with Gasteiger partial charge in [0.2, 0.25) is 15.9 Å². The number of carbonyl (C=O) groups excluding carboxylic acids is 1. The number of carbonyl (C=O) groups is 1. The summed E-state index contributed by atoms with van der Waals surface area (Å²) in [5, 5.41) is 11.6. The zero-order chi connectivity index (χ0) is 20.6. The van der Waals surface area contributed by atoms with E-state index in [9.17, 15) is 13.2 Å². The molecule has 2 aromatic rings. The third-order valence-electron chi connectivity index (χ3n) is 4.11. The Labute approximate surface area is 165 Å². The highest BCUT2D eigenvalue weighted by atomic mass is 32.2. The van der Waals surface area contributed by atoms with Crippen molar-refractivity contribution in [3.8, 4) is 6.07 Å². The molecule has 0 aliphatic rings. The molecule has 0 saturated carbocycles. The first-order valence-electron chi connectivity index (χ1n) is 8.76. The lowest BCUT2D eigenvalue weighted by Gasteiger charge is -2.17. The topological polar surface area (TPSA) is 99.5 Å². The van der Waals surface area contributed by atoms with Crippen LogP contribution in [0, 0.1) is 11.3 Å². The molecule has 8 heteroatoms. The molecule has 0 radical (unpaired) electrons. The minimum atomic E-state index is -3.82. The quantitative estimate of drug-likeness (QED) is 0.693. The van der Waals surface area contributed by atoms with E-state index >= 15 is 0 Å². The van der Waals surface area contributed by atoms with Gasteiger partial charge in [0.1, 0.15) is 0 Å². The van der Waals surface area contributed by atoms with Crippen LogP contribution >= 0.6 is 0 Å². The van der Waals surface area contributed by atoms with Crippen LogP contribution in [0.1, 0.15) is 23.6 Å². The van der Waals surface area contributed by atoms with Crippen LogP contribution in [0.15, 0.2) is 53.4 Å². The van der Waals surface area contributed by atoms with Crippen molar-refractivity contribution >= 4 is 15.9 Å². The lowest BCUT2D eigenvalue weighted by Crippen LogP contribution is -2.38. The first-order chi connectivity index (χ1) is 13.4. The summed E-state index contributed by atoms with van der Waals surface area (Å²) >= 11 is 0. The largest absolute Gasteiger partial charge is 0.377 e. The fourth-order valence-electron chi connectivity index (χ4n) is 2.50. The van der Waals surface area contributed by atoms with Crippen molar-refractivity contribution in [2.75, 3.05) is 20.2 Å². The minimum Gasteiger partial charge on any atom is -0.377 e. The van der Waals surface area contributed by atoms with Crippen LogP contribution < -0.4 is 5.32 Å². The molecule has 0 saturated heterocycles. The van der Waals surface area contributed by atoms with E-state index in [0.717, 1.165) is 15.4 Å². The highest BCUT2D eigenvalue weighted by Gasteiger charge is 2.22. The number of rotatable bonds is 9. The number of nitriles is 1. The predicted molar refractivity (Wildman–Crippen MR) is 105 cm³/mol. The monoisotopic (exact) mass is 401 g/mol. The molecule has 0 unspecified atom stereocenters. The zero-order valence-corrected chi connectivity index (χ0v) is 16.7. The van der Waals surface area contributed by atoms with Crippen LogP contribution in [0.4, 0.5) is 0 Å². The maximum absolute atomic E-state index is 12.6. The van der Waals surface area contributed by atoms with E-state index in [-0.39, 0.29) is 18.0 Å². The van der Waals surface area contributed by atoms with E-state index in [1.807, 2.05) is 37.3 Å². The highest BCUT2D eigenvalue weighted by Crippen LogP contribution is 2.15. The number of hydrogen-bond acceptors (Lipinski definition) is 5. The molecular formula is C20H23N3O4S. The van der Waals surface area contributed by atoms with Gasteiger partial charge in [-0.25, -0.2) is 8.42 Å². The van der Waals surface area contributed by atoms with E-state index in [1.165, 1.54) is 31.3 Å². The SMILES string of the molecule is CCOCc1ccccc1CNC(=O)CN(C)S(=O)(=O)c1ccc(C#N)cc1. The summed E-state index contributed by atoms with van der Waals surface area (Å²) in [6, 6.07) is 15.1. The molecule has 0 atom stereocenters. The van der Waals surface area contributed by atoms with Gasteiger partial charge < -0.3 is 10.1 Å². The number of benzene rings is 2. The second-order valence-corrected chi connectivity index (χ2v) is 8.12. The van der Waals surface area contributed by atoms with Crippen molar-refractivity contribution in [3.63, 3.8) is 0 Å². The van der Waals surface area contributed by atoms with Crippen molar-refractivity contribution in [2.45, 2.75) is 25.0 Å². The van der Waals surface area contributed by atoms with Crippen LogP contribution in [-0.4, -0.2) is 38.8 Å². The Morgan fingerprint density at radius 3 is 2.39 bits per heavy atom. The normalized spacial score (nSPS) is 11.2. The number of ether oxygens (including phenoxy) is 1. The Bertz CT molecular complexity index is 950. The van der Waals surface area contributed by atoms with Crippen molar-refractivity contribution in [1.82, 2.24) is 9.62 Å². The van der Waals surface area contributed by atoms with Gasteiger partial charge in [-0.05, 0) is 42.3 Å². The zero-order valence-electron chi connectivity index (χ0n) is 15.9. The first kappa shape index (κ1) is 21.6. The standard InChI is InChI=1S/C20H23N3O4S/c1-3-27-15-18-7-5-4-6-17(18)13-22-20(24)14-23(2)28(25,26)19-10-8-16(12-21)9-11-19/h4-11H,3,13-15H2,1-2H3,(H,22,24). The van der Waals surface area contributed by atoms with Crippen molar-refractivity contribution in [2.24, 2.45) is 0 Å². The van der Waals surface area contributed by atoms with Gasteiger partial charge in [-0.15, -0.1) is 0 Å². The summed E-state index contributed by atoms with van der Waals surface area (Å²) in [7, 11) is -2.48. The summed E-state index contributed by atoms with van der Waals surface area (Å²) in [5.74, 6) is -0.411. The molecule has 0 aliphatic carbocycles. The molecule has 0 spiro atoms. The third kappa shape index (κ3) is 5.63. The van der Waals surface area contributed by atoms with E-state index < -0.39 is 15.9 Å². The van der Waals surface area contributed by atoms with Crippen LogP contribution in [0.3, 0.4) is 0 Å². The van der Waals surface area contributed by atoms with Gasteiger partial charge in [0.05, 0.1) is 29.7 Å². The van der Waals surface area contributed by atoms with Gasteiger partial charge in [0, 0.05) is 20.2 Å². The van der Waals surface area contributed by atoms with Gasteiger partial charge in [-0.2, -0.15) is 9.57 Å². The second kappa shape index (κ2) is 9.99. The number of nitrogens with one attached hydrogen (secondary N) is 1. The molecule has 148 valence electrons. The highest BCUT2D eigenvalue weighted by molar-refractivity contribution is 7.89. The summed E-state index contributed by atoms with van der Waals surface area (Å²) in [5.41, 5.74) is 2.26. The van der Waals surface area contributed by atoms with E-state index in [4.69, 9.17) is 10.00 Å². The smallest absolute Gasteiger partial charge is 0.243 e. The number of sulfonamides is 1. The molecule has 1 amide bonds. The van der Waals surface area contributed by atoms with Gasteiger partial charge in [-0.3, -0.25) is 4.79 Å². The maximum atomic E-state index is 12.6. The van der Waals surface area contributed by atoms with Crippen LogP contribution in [-0.2, 0) is 32.7 Å². The molecule has 7 nitrogen and oxygen atoms in total. The van der Waals surface area contributed by atoms with Gasteiger partial charge >= 0.3 is 0 Å². The molecule has 2 aromatic carbocycles. The molecule has 1 N–H and O–H groups in total. The van der Waals surface area contributed by atoms with Crippen LogP contribution in [0.2, 0.25) is 0 Å². The molecule has 2 rings (SSSR count). The van der Waals surface area contributed by atoms with Crippen molar-refractivity contribution in [3.05, 3.63) is 65.2 Å². The van der Waals surface area contributed by atoms with Gasteiger partial charge in [-0.1, -0.05) is 24.3 Å². The third-order valence-corrected chi connectivity index (χ3v) is 5.93. The number of nitrogens with zero attached hydrogens (tertiary/aromatic N) is 2. The molecule has 0 aliphatic heterocycles. The Hall–Kier alpha value is -2.73. The molecule has 0 aromatic heterocycles. The molecule has 0 fully saturated rings. The summed E-state index contributed by atoms with van der Waals surface area (Å²) in [4.78, 5) is 12.3. The number of likely N-dealkylation sites (N-methyl/N-ethyl adjacent to an activating group) is 1. The second-order valence-electron chi connectivity index (χ2n) is 6.08. The van der Waals surface area contributed by atoms with E-state index in [2.05, 4.69) is 5.32 Å². The lowest BCUT2D eigenvalue weighted by molar-refractivity contribution is -0.121. The maximum Gasteiger partial charge on any atom is 0.243 e. The van der Waals surface area contributed by atoms with Gasteiger partial charge in [0.15, 0.2) is 0 Å². The van der Waals surface area contributed by atoms with Crippen LogP contribution in [0.25, 0.3) is 0 Å². The summed E-state index contributed by atoms with van der Waals surface area (Å²) in [6.45, 7) is 2.94. The lowest BCUT2D eigenvalue weighted by atomic mass is 10.1. The Kier molecular flexibility index (Phi) is 7.70. The van der Waals surface area contributed by atoms with Crippen LogP contribution in [0.5, 0.6) is 0 Å². The molecule has 28 heavy (non-hydrogen) atoms. The average Bonchev–Trinajstić information content (AvgIpc) is 2.71. The van der Waals surface area contributed by atoms with E-state index in [1.54, 1.807) is 0 Å². The van der Waals surface area contributed by atoms with Crippen molar-refractivity contribution < 1.29 is 17.9 Å². The Morgan fingerprint density at radius 1 is 1.14 bits per heavy atom. The molecular weight excluding hydrogens is 378 g/mol. The predicted octanol–water partition coefficient (Wildman–Crippen LogP) is 2.03. The van der Waals surface area contributed by atoms with Gasteiger partial charge in [0.25, 0.3) is 0 Å². The Balaban J connectivity index is 1.98. The van der Waals surface area contributed by atoms with E-state index in [0.29, 0.717) is 18.8 Å². The van der Waals surface area contributed by atoms with Crippen molar-refractivity contribution in [1.29, 1.82) is 5.26 Å².